The molecule has 88 valence electrons. The van der Waals surface area contributed by atoms with Crippen molar-refractivity contribution in [3.63, 3.8) is 0 Å². The van der Waals surface area contributed by atoms with Crippen molar-refractivity contribution in [2.45, 2.75) is 6.54 Å². The van der Waals surface area contributed by atoms with Gasteiger partial charge in [-0.3, -0.25) is 14.7 Å². The van der Waals surface area contributed by atoms with Gasteiger partial charge in [-0.05, 0) is 0 Å². The third-order valence-electron chi connectivity index (χ3n) is 2.40. The predicted molar refractivity (Wildman–Crippen MR) is 59.7 cm³/mol. The third-order valence-corrected chi connectivity index (χ3v) is 2.40. The van der Waals surface area contributed by atoms with Crippen molar-refractivity contribution >= 4 is 5.69 Å². The normalized spacial score (nSPS) is 10.4. The standard InChI is InChI=1S/C10H10N4O3/c1-12-7-11-13(10(12)15)6-8-4-2-3-5-9(8)14(16)17/h2-5,7H,6H2,1H3. The Morgan fingerprint density at radius 3 is 2.71 bits per heavy atom. The Balaban J connectivity index is 2.40. The lowest BCUT2D eigenvalue weighted by atomic mass is 10.2. The first kappa shape index (κ1) is 11.1. The molecule has 0 aliphatic heterocycles. The fourth-order valence-corrected chi connectivity index (χ4v) is 1.51. The zero-order valence-corrected chi connectivity index (χ0v) is 9.11. The number of hydrogen-bond acceptors (Lipinski definition) is 4. The molecule has 1 heterocycles. The maximum Gasteiger partial charge on any atom is 0.345 e. The van der Waals surface area contributed by atoms with E-state index in [0.29, 0.717) is 5.56 Å². The number of aromatic nitrogens is 3. The minimum Gasteiger partial charge on any atom is -0.285 e. The highest BCUT2D eigenvalue weighted by molar-refractivity contribution is 5.39. The minimum atomic E-state index is -0.469. The SMILES string of the molecule is Cn1cnn(Cc2ccccc2[N+](=O)[O-])c1=O. The van der Waals surface area contributed by atoms with E-state index in [1.165, 1.54) is 21.6 Å². The van der Waals surface area contributed by atoms with Crippen molar-refractivity contribution in [3.8, 4) is 0 Å². The first-order valence-electron chi connectivity index (χ1n) is 4.90. The van der Waals surface area contributed by atoms with E-state index in [4.69, 9.17) is 0 Å². The molecule has 0 N–H and O–H groups in total. The van der Waals surface area contributed by atoms with Crippen molar-refractivity contribution < 1.29 is 4.92 Å². The Labute approximate surface area is 96.1 Å². The number of aryl methyl sites for hydroxylation is 1. The molecule has 0 amide bonds. The lowest BCUT2D eigenvalue weighted by molar-refractivity contribution is -0.385. The molecule has 1 aromatic carbocycles. The van der Waals surface area contributed by atoms with Crippen LogP contribution in [0.1, 0.15) is 5.56 Å². The lowest BCUT2D eigenvalue weighted by Gasteiger charge is -2.01. The Hall–Kier alpha value is -2.44. The second-order valence-corrected chi connectivity index (χ2v) is 3.57. The zero-order chi connectivity index (χ0) is 12.4. The molecule has 0 aliphatic carbocycles. The van der Waals surface area contributed by atoms with Gasteiger partial charge in [-0.25, -0.2) is 9.48 Å². The van der Waals surface area contributed by atoms with E-state index in [2.05, 4.69) is 5.10 Å². The average molecular weight is 234 g/mol. The minimum absolute atomic E-state index is 0.00921. The summed E-state index contributed by atoms with van der Waals surface area (Å²) in [6, 6.07) is 6.29. The number of para-hydroxylation sites is 1. The van der Waals surface area contributed by atoms with Crippen LogP contribution >= 0.6 is 0 Å². The molecular weight excluding hydrogens is 224 g/mol. The van der Waals surface area contributed by atoms with E-state index in [1.807, 2.05) is 0 Å². The first-order valence-corrected chi connectivity index (χ1v) is 4.90. The van der Waals surface area contributed by atoms with Gasteiger partial charge in [0.2, 0.25) is 0 Å². The molecule has 2 aromatic rings. The summed E-state index contributed by atoms with van der Waals surface area (Å²) in [4.78, 5) is 21.9. The second kappa shape index (κ2) is 4.20. The van der Waals surface area contributed by atoms with Gasteiger partial charge in [0, 0.05) is 13.1 Å². The number of nitrogens with zero attached hydrogens (tertiary/aromatic N) is 4. The Morgan fingerprint density at radius 1 is 1.41 bits per heavy atom. The van der Waals surface area contributed by atoms with Gasteiger partial charge in [-0.2, -0.15) is 5.10 Å². The van der Waals surface area contributed by atoms with Gasteiger partial charge < -0.3 is 0 Å². The summed E-state index contributed by atoms with van der Waals surface area (Å²) in [6.45, 7) is 0.0941. The van der Waals surface area contributed by atoms with Crippen molar-refractivity contribution in [1.29, 1.82) is 0 Å². The second-order valence-electron chi connectivity index (χ2n) is 3.57. The lowest BCUT2D eigenvalue weighted by Crippen LogP contribution is -2.23. The molecule has 7 heteroatoms. The summed E-state index contributed by atoms with van der Waals surface area (Å²) in [5.74, 6) is 0. The number of hydrogen-bond donors (Lipinski definition) is 0. The molecule has 0 saturated carbocycles. The summed E-state index contributed by atoms with van der Waals surface area (Å²) in [7, 11) is 1.57. The molecule has 2 rings (SSSR count). The summed E-state index contributed by atoms with van der Waals surface area (Å²) < 4.78 is 2.50. The monoisotopic (exact) mass is 234 g/mol. The Morgan fingerprint density at radius 2 is 2.12 bits per heavy atom. The van der Waals surface area contributed by atoms with E-state index >= 15 is 0 Å². The fourth-order valence-electron chi connectivity index (χ4n) is 1.51. The van der Waals surface area contributed by atoms with Crippen LogP contribution in [-0.2, 0) is 13.6 Å². The van der Waals surface area contributed by atoms with Gasteiger partial charge in [0.1, 0.15) is 6.33 Å². The van der Waals surface area contributed by atoms with Gasteiger partial charge in [-0.1, -0.05) is 18.2 Å². The van der Waals surface area contributed by atoms with E-state index in [9.17, 15) is 14.9 Å². The zero-order valence-electron chi connectivity index (χ0n) is 9.11. The quantitative estimate of drug-likeness (QED) is 0.573. The van der Waals surface area contributed by atoms with Crippen LogP contribution in [0.15, 0.2) is 35.4 Å². The van der Waals surface area contributed by atoms with Crippen LogP contribution in [0.4, 0.5) is 5.69 Å². The molecule has 0 bridgehead atoms. The van der Waals surface area contributed by atoms with Gasteiger partial charge in [0.25, 0.3) is 5.69 Å². The highest BCUT2D eigenvalue weighted by Crippen LogP contribution is 2.17. The van der Waals surface area contributed by atoms with E-state index in [0.717, 1.165) is 0 Å². The largest absolute Gasteiger partial charge is 0.345 e. The van der Waals surface area contributed by atoms with Gasteiger partial charge in [0.15, 0.2) is 0 Å². The summed E-state index contributed by atoms with van der Waals surface area (Å²) in [5.41, 5.74) is 0.145. The van der Waals surface area contributed by atoms with Crippen molar-refractivity contribution in [2.75, 3.05) is 0 Å². The Kier molecular flexibility index (Phi) is 2.73. The fraction of sp³-hybridized carbons (Fsp3) is 0.200. The molecule has 0 fully saturated rings. The molecule has 0 spiro atoms. The third kappa shape index (κ3) is 2.07. The van der Waals surface area contributed by atoms with E-state index < -0.39 is 4.92 Å². The molecule has 1 aromatic heterocycles. The average Bonchev–Trinajstić information content (AvgIpc) is 2.61. The smallest absolute Gasteiger partial charge is 0.285 e. The predicted octanol–water partition coefficient (Wildman–Crippen LogP) is 0.538. The molecule has 0 aliphatic rings. The van der Waals surface area contributed by atoms with E-state index in [1.54, 1.807) is 25.2 Å². The number of nitro benzene ring substituents is 1. The molecule has 17 heavy (non-hydrogen) atoms. The maximum absolute atomic E-state index is 11.5. The van der Waals surface area contributed by atoms with Crippen molar-refractivity contribution in [3.05, 3.63) is 56.8 Å². The molecular formula is C10H10N4O3. The summed E-state index contributed by atoms with van der Waals surface area (Å²) in [5, 5.41) is 14.7. The van der Waals surface area contributed by atoms with Crippen LogP contribution in [-0.4, -0.2) is 19.3 Å². The number of nitro groups is 1. The Bertz CT molecular complexity index is 614. The van der Waals surface area contributed by atoms with Crippen LogP contribution < -0.4 is 5.69 Å². The van der Waals surface area contributed by atoms with Gasteiger partial charge in [0.05, 0.1) is 17.0 Å². The molecule has 0 atom stereocenters. The number of rotatable bonds is 3. The highest BCUT2D eigenvalue weighted by Gasteiger charge is 2.14. The highest BCUT2D eigenvalue weighted by atomic mass is 16.6. The molecule has 0 unspecified atom stereocenters. The van der Waals surface area contributed by atoms with Crippen LogP contribution in [0.3, 0.4) is 0 Å². The molecule has 0 radical (unpaired) electrons. The van der Waals surface area contributed by atoms with Crippen molar-refractivity contribution in [2.24, 2.45) is 7.05 Å². The van der Waals surface area contributed by atoms with Crippen LogP contribution in [0.2, 0.25) is 0 Å². The molecule has 0 saturated heterocycles. The number of benzene rings is 1. The molecule has 7 nitrogen and oxygen atoms in total. The van der Waals surface area contributed by atoms with Crippen LogP contribution in [0.5, 0.6) is 0 Å². The van der Waals surface area contributed by atoms with E-state index in [-0.39, 0.29) is 17.9 Å². The van der Waals surface area contributed by atoms with Gasteiger partial charge >= 0.3 is 5.69 Å². The topological polar surface area (TPSA) is 83.0 Å². The van der Waals surface area contributed by atoms with Gasteiger partial charge in [-0.15, -0.1) is 0 Å². The van der Waals surface area contributed by atoms with Crippen LogP contribution in [0.25, 0.3) is 0 Å². The van der Waals surface area contributed by atoms with Crippen LogP contribution in [0, 0.1) is 10.1 Å². The summed E-state index contributed by atoms with van der Waals surface area (Å²) in [6.07, 6.45) is 1.37. The summed E-state index contributed by atoms with van der Waals surface area (Å²) >= 11 is 0. The van der Waals surface area contributed by atoms with Crippen molar-refractivity contribution in [1.82, 2.24) is 14.3 Å². The maximum atomic E-state index is 11.5. The first-order chi connectivity index (χ1) is 8.09.